The fraction of sp³-hybridized carbons (Fsp3) is 0.273. The van der Waals surface area contributed by atoms with Gasteiger partial charge in [-0.1, -0.05) is 17.8 Å². The lowest BCUT2D eigenvalue weighted by Gasteiger charge is -2.21. The average Bonchev–Trinajstić information content (AvgIpc) is 3.14. The van der Waals surface area contributed by atoms with Crippen LogP contribution in [0.2, 0.25) is 0 Å². The lowest BCUT2D eigenvalue weighted by Crippen LogP contribution is -2.21. The Morgan fingerprint density at radius 2 is 1.90 bits per heavy atom. The Kier molecular flexibility index (Phi) is 7.09. The molecule has 3 aromatic rings. The predicted molar refractivity (Wildman–Crippen MR) is 121 cm³/mol. The lowest BCUT2D eigenvalue weighted by molar-refractivity contribution is -0.113. The molecule has 0 aliphatic rings. The van der Waals surface area contributed by atoms with E-state index in [1.165, 1.54) is 17.4 Å². The number of nitrogens with zero attached hydrogens (tertiary/aromatic N) is 5. The highest BCUT2D eigenvalue weighted by Gasteiger charge is 2.14. The smallest absolute Gasteiger partial charge is 0.234 e. The van der Waals surface area contributed by atoms with E-state index in [1.54, 1.807) is 24.3 Å². The van der Waals surface area contributed by atoms with Crippen LogP contribution in [0.5, 0.6) is 0 Å². The maximum atomic E-state index is 12.3. The Bertz CT molecular complexity index is 1050. The molecule has 0 aliphatic carbocycles. The van der Waals surface area contributed by atoms with Crippen LogP contribution >= 0.6 is 11.8 Å². The van der Waals surface area contributed by atoms with Crippen molar-refractivity contribution in [3.63, 3.8) is 0 Å². The van der Waals surface area contributed by atoms with Gasteiger partial charge >= 0.3 is 0 Å². The van der Waals surface area contributed by atoms with Gasteiger partial charge in [0.25, 0.3) is 0 Å². The highest BCUT2D eigenvalue weighted by molar-refractivity contribution is 7.99. The van der Waals surface area contributed by atoms with Gasteiger partial charge in [0.2, 0.25) is 5.91 Å². The third-order valence-corrected chi connectivity index (χ3v) is 5.72. The number of nitrogens with one attached hydrogen (secondary N) is 1. The molecule has 2 aromatic carbocycles. The van der Waals surface area contributed by atoms with Crippen LogP contribution in [0.25, 0.3) is 11.4 Å². The molecule has 3 rings (SSSR count). The fourth-order valence-corrected chi connectivity index (χ4v) is 3.81. The summed E-state index contributed by atoms with van der Waals surface area (Å²) < 4.78 is 1.89. The first-order chi connectivity index (χ1) is 14.5. The van der Waals surface area contributed by atoms with Crippen molar-refractivity contribution in [2.45, 2.75) is 19.0 Å². The van der Waals surface area contributed by atoms with Gasteiger partial charge in [-0.15, -0.1) is 10.2 Å². The van der Waals surface area contributed by atoms with Gasteiger partial charge in [-0.05, 0) is 56.3 Å². The van der Waals surface area contributed by atoms with E-state index in [0.29, 0.717) is 16.4 Å². The highest BCUT2D eigenvalue weighted by atomic mass is 32.2. The molecule has 1 N–H and O–H groups in total. The van der Waals surface area contributed by atoms with E-state index < -0.39 is 0 Å². The minimum atomic E-state index is -0.164. The molecular weight excluding hydrogens is 396 g/mol. The third kappa shape index (κ3) is 4.99. The fourth-order valence-electron chi connectivity index (χ4n) is 3.10. The van der Waals surface area contributed by atoms with Crippen LogP contribution in [0.4, 0.5) is 11.4 Å². The van der Waals surface area contributed by atoms with Crippen molar-refractivity contribution in [2.24, 2.45) is 7.05 Å². The summed E-state index contributed by atoms with van der Waals surface area (Å²) in [7, 11) is 1.89. The molecule has 7 nitrogen and oxygen atoms in total. The average molecular weight is 421 g/mol. The second-order valence-corrected chi connectivity index (χ2v) is 7.56. The Labute approximate surface area is 180 Å². The summed E-state index contributed by atoms with van der Waals surface area (Å²) in [6.07, 6.45) is 0. The SMILES string of the molecule is CCN(CC)c1ccc(-c2nnc(SCC(=O)Nc3cccc(C#N)c3)n2C)cc1. The van der Waals surface area contributed by atoms with Crippen LogP contribution < -0.4 is 10.2 Å². The second kappa shape index (κ2) is 9.94. The molecule has 1 heterocycles. The highest BCUT2D eigenvalue weighted by Crippen LogP contribution is 2.25. The van der Waals surface area contributed by atoms with Crippen LogP contribution in [-0.2, 0) is 11.8 Å². The molecule has 30 heavy (non-hydrogen) atoms. The number of nitriles is 1. The number of hydrogen-bond donors (Lipinski definition) is 1. The molecule has 154 valence electrons. The molecule has 8 heteroatoms. The lowest BCUT2D eigenvalue weighted by atomic mass is 10.2. The Balaban J connectivity index is 1.64. The number of carbonyl (C=O) groups is 1. The Hall–Kier alpha value is -3.31. The topological polar surface area (TPSA) is 86.8 Å². The summed E-state index contributed by atoms with van der Waals surface area (Å²) in [5.74, 6) is 0.790. The summed E-state index contributed by atoms with van der Waals surface area (Å²) in [5.41, 5.74) is 3.26. The number of rotatable bonds is 8. The van der Waals surface area contributed by atoms with E-state index in [4.69, 9.17) is 5.26 Å². The number of anilines is 2. The molecule has 1 amide bonds. The summed E-state index contributed by atoms with van der Waals surface area (Å²) in [6, 6.07) is 17.2. The predicted octanol–water partition coefficient (Wildman–Crippen LogP) is 3.93. The first-order valence-electron chi connectivity index (χ1n) is 9.73. The molecule has 1 aromatic heterocycles. The van der Waals surface area contributed by atoms with E-state index in [0.717, 1.165) is 24.5 Å². The molecule has 0 saturated heterocycles. The summed E-state index contributed by atoms with van der Waals surface area (Å²) in [4.78, 5) is 14.5. The minimum Gasteiger partial charge on any atom is -0.372 e. The molecule has 0 bridgehead atoms. The Morgan fingerprint density at radius 3 is 2.57 bits per heavy atom. The number of benzene rings is 2. The zero-order valence-corrected chi connectivity index (χ0v) is 18.1. The van der Waals surface area contributed by atoms with Gasteiger partial charge in [0, 0.05) is 37.1 Å². The number of amides is 1. The van der Waals surface area contributed by atoms with Gasteiger partial charge in [0.15, 0.2) is 11.0 Å². The second-order valence-electron chi connectivity index (χ2n) is 6.61. The van der Waals surface area contributed by atoms with Crippen molar-refractivity contribution in [1.82, 2.24) is 14.8 Å². The molecule has 0 fully saturated rings. The Morgan fingerprint density at radius 1 is 1.17 bits per heavy atom. The van der Waals surface area contributed by atoms with Crippen LogP contribution in [0, 0.1) is 11.3 Å². The monoisotopic (exact) mass is 420 g/mol. The summed E-state index contributed by atoms with van der Waals surface area (Å²) in [6.45, 7) is 6.20. The molecular formula is C22H24N6OS. The van der Waals surface area contributed by atoms with Gasteiger partial charge < -0.3 is 14.8 Å². The van der Waals surface area contributed by atoms with E-state index in [9.17, 15) is 4.79 Å². The zero-order valence-electron chi connectivity index (χ0n) is 17.3. The van der Waals surface area contributed by atoms with Crippen molar-refractivity contribution >= 4 is 29.0 Å². The van der Waals surface area contributed by atoms with Crippen molar-refractivity contribution in [3.8, 4) is 17.5 Å². The van der Waals surface area contributed by atoms with Gasteiger partial charge in [0.1, 0.15) is 0 Å². The van der Waals surface area contributed by atoms with Crippen molar-refractivity contribution in [3.05, 3.63) is 54.1 Å². The molecule has 0 spiro atoms. The molecule has 0 aliphatic heterocycles. The maximum Gasteiger partial charge on any atom is 0.234 e. The van der Waals surface area contributed by atoms with Crippen molar-refractivity contribution in [1.29, 1.82) is 5.26 Å². The molecule has 0 radical (unpaired) electrons. The maximum absolute atomic E-state index is 12.3. The third-order valence-electron chi connectivity index (χ3n) is 4.70. The summed E-state index contributed by atoms with van der Waals surface area (Å²) in [5, 5.41) is 20.9. The van der Waals surface area contributed by atoms with Crippen molar-refractivity contribution < 1.29 is 4.79 Å². The normalized spacial score (nSPS) is 10.5. The number of hydrogen-bond acceptors (Lipinski definition) is 6. The van der Waals surface area contributed by atoms with Crippen molar-refractivity contribution in [2.75, 3.05) is 29.1 Å². The first-order valence-corrected chi connectivity index (χ1v) is 10.7. The summed E-state index contributed by atoms with van der Waals surface area (Å²) >= 11 is 1.32. The van der Waals surface area contributed by atoms with Gasteiger partial charge in [0.05, 0.1) is 17.4 Å². The molecule has 0 unspecified atom stereocenters. The van der Waals surface area contributed by atoms with Crippen LogP contribution in [0.1, 0.15) is 19.4 Å². The number of thioether (sulfide) groups is 1. The van der Waals surface area contributed by atoms with Crippen LogP contribution in [0.3, 0.4) is 0 Å². The number of aromatic nitrogens is 3. The first kappa shape index (κ1) is 21.4. The van der Waals surface area contributed by atoms with Gasteiger partial charge in [-0.25, -0.2) is 0 Å². The molecule has 0 atom stereocenters. The molecule has 0 saturated carbocycles. The van der Waals surface area contributed by atoms with Crippen LogP contribution in [-0.4, -0.2) is 39.5 Å². The van der Waals surface area contributed by atoms with Gasteiger partial charge in [-0.3, -0.25) is 4.79 Å². The van der Waals surface area contributed by atoms with Gasteiger partial charge in [-0.2, -0.15) is 5.26 Å². The number of carbonyl (C=O) groups excluding carboxylic acids is 1. The van der Waals surface area contributed by atoms with Crippen LogP contribution in [0.15, 0.2) is 53.7 Å². The standard InChI is InChI=1S/C22H24N6OS/c1-4-28(5-2)19-11-9-17(10-12-19)21-25-26-22(27(21)3)30-15-20(29)24-18-8-6-7-16(13-18)14-23/h6-13H,4-5,15H2,1-3H3,(H,24,29). The van der Waals surface area contributed by atoms with E-state index in [2.05, 4.69) is 52.5 Å². The van der Waals surface area contributed by atoms with E-state index in [1.807, 2.05) is 23.7 Å². The minimum absolute atomic E-state index is 0.164. The van der Waals surface area contributed by atoms with E-state index in [-0.39, 0.29) is 11.7 Å². The quantitative estimate of drug-likeness (QED) is 0.556. The zero-order chi connectivity index (χ0) is 21.5. The van der Waals surface area contributed by atoms with E-state index >= 15 is 0 Å². The largest absolute Gasteiger partial charge is 0.372 e.